The van der Waals surface area contributed by atoms with Crippen molar-refractivity contribution in [3.8, 4) is 22.7 Å². The number of nitrogens with two attached hydrogens (primary N) is 1. The van der Waals surface area contributed by atoms with Gasteiger partial charge in [-0.15, -0.1) is 0 Å². The monoisotopic (exact) mass is 499 g/mol. The van der Waals surface area contributed by atoms with Gasteiger partial charge in [-0.05, 0) is 66.5 Å². The van der Waals surface area contributed by atoms with Crippen molar-refractivity contribution >= 4 is 22.5 Å². The zero-order chi connectivity index (χ0) is 25.9. The van der Waals surface area contributed by atoms with Gasteiger partial charge in [-0.2, -0.15) is 0 Å². The van der Waals surface area contributed by atoms with Crippen molar-refractivity contribution in [1.29, 1.82) is 0 Å². The summed E-state index contributed by atoms with van der Waals surface area (Å²) in [7, 11) is 0. The van der Waals surface area contributed by atoms with Crippen molar-refractivity contribution < 1.29 is 13.9 Å². The lowest BCUT2D eigenvalue weighted by Gasteiger charge is -2.14. The SMILES string of the molecule is C=CC(=O)NCCCOc1c(N)ncnc1-c1cccc(-n2ccc3cc(C4CC4)cc(F)c3c2=O)c1. The molecule has 1 saturated carbocycles. The van der Waals surface area contributed by atoms with E-state index in [4.69, 9.17) is 10.5 Å². The van der Waals surface area contributed by atoms with Crippen LogP contribution in [-0.4, -0.2) is 33.6 Å². The van der Waals surface area contributed by atoms with E-state index in [-0.39, 0.29) is 23.7 Å². The van der Waals surface area contributed by atoms with Crippen LogP contribution in [0.4, 0.5) is 10.2 Å². The molecule has 0 saturated heterocycles. The van der Waals surface area contributed by atoms with E-state index < -0.39 is 11.4 Å². The number of aromatic nitrogens is 3. The zero-order valence-electron chi connectivity index (χ0n) is 20.1. The average Bonchev–Trinajstić information content (AvgIpc) is 3.75. The number of fused-ring (bicyclic) bond motifs is 1. The van der Waals surface area contributed by atoms with Crippen LogP contribution in [0.5, 0.6) is 5.75 Å². The molecule has 0 radical (unpaired) electrons. The van der Waals surface area contributed by atoms with Gasteiger partial charge in [-0.3, -0.25) is 14.2 Å². The molecular formula is C28H26FN5O3. The lowest BCUT2D eigenvalue weighted by molar-refractivity contribution is -0.116. The molecular weight excluding hydrogens is 473 g/mol. The van der Waals surface area contributed by atoms with Gasteiger partial charge in [0.2, 0.25) is 5.91 Å². The molecule has 37 heavy (non-hydrogen) atoms. The van der Waals surface area contributed by atoms with E-state index in [0.29, 0.717) is 47.0 Å². The van der Waals surface area contributed by atoms with Crippen LogP contribution in [-0.2, 0) is 4.79 Å². The smallest absolute Gasteiger partial charge is 0.265 e. The highest BCUT2D eigenvalue weighted by Gasteiger charge is 2.25. The average molecular weight is 500 g/mol. The van der Waals surface area contributed by atoms with E-state index in [1.54, 1.807) is 30.5 Å². The molecule has 0 aliphatic heterocycles. The first-order chi connectivity index (χ1) is 18.0. The van der Waals surface area contributed by atoms with E-state index >= 15 is 0 Å². The van der Waals surface area contributed by atoms with Gasteiger partial charge < -0.3 is 15.8 Å². The van der Waals surface area contributed by atoms with Crippen molar-refractivity contribution in [2.45, 2.75) is 25.2 Å². The first-order valence-corrected chi connectivity index (χ1v) is 12.1. The number of pyridine rings is 1. The third-order valence-corrected chi connectivity index (χ3v) is 6.31. The summed E-state index contributed by atoms with van der Waals surface area (Å²) in [5.41, 5.74) is 8.24. The molecule has 4 aromatic rings. The van der Waals surface area contributed by atoms with E-state index in [1.807, 2.05) is 12.1 Å². The summed E-state index contributed by atoms with van der Waals surface area (Å²) in [5.74, 6) is 0.104. The standard InChI is InChI=1S/C28H26FN5O3/c1-2-23(35)31-10-4-12-37-26-25(32-16-33-27(26)30)19-5-3-6-21(14-19)34-11-9-18-13-20(17-7-8-17)15-22(29)24(18)28(34)36/h2-3,5-6,9,11,13-17H,1,4,7-8,10,12H2,(H,31,35)(H2,30,32,33). The minimum atomic E-state index is -0.501. The number of ether oxygens (including phenoxy) is 1. The van der Waals surface area contributed by atoms with Crippen LogP contribution in [0, 0.1) is 5.82 Å². The van der Waals surface area contributed by atoms with Gasteiger partial charge in [0.05, 0.1) is 12.0 Å². The van der Waals surface area contributed by atoms with Crippen molar-refractivity contribution in [2.75, 3.05) is 18.9 Å². The van der Waals surface area contributed by atoms with Gasteiger partial charge in [0.25, 0.3) is 5.56 Å². The maximum Gasteiger partial charge on any atom is 0.265 e. The molecule has 0 atom stereocenters. The molecule has 2 aromatic carbocycles. The molecule has 1 amide bonds. The van der Waals surface area contributed by atoms with Crippen molar-refractivity contribution in [2.24, 2.45) is 0 Å². The van der Waals surface area contributed by atoms with Gasteiger partial charge in [-0.1, -0.05) is 24.8 Å². The maximum atomic E-state index is 15.0. The van der Waals surface area contributed by atoms with Crippen LogP contribution in [0.3, 0.4) is 0 Å². The number of nitrogens with zero attached hydrogens (tertiary/aromatic N) is 3. The Morgan fingerprint density at radius 2 is 2.08 bits per heavy atom. The van der Waals surface area contributed by atoms with E-state index in [9.17, 15) is 14.0 Å². The predicted molar refractivity (Wildman–Crippen MR) is 140 cm³/mol. The first kappa shape index (κ1) is 24.2. The Labute approximate surface area is 212 Å². The number of halogens is 1. The minimum absolute atomic E-state index is 0.0659. The first-order valence-electron chi connectivity index (χ1n) is 12.1. The fourth-order valence-electron chi connectivity index (χ4n) is 4.27. The molecule has 1 aliphatic carbocycles. The minimum Gasteiger partial charge on any atom is -0.488 e. The van der Waals surface area contributed by atoms with E-state index in [2.05, 4.69) is 21.9 Å². The Kier molecular flexibility index (Phi) is 6.68. The summed E-state index contributed by atoms with van der Waals surface area (Å²) in [4.78, 5) is 33.0. The van der Waals surface area contributed by atoms with Gasteiger partial charge in [0.1, 0.15) is 17.8 Å². The number of rotatable bonds is 9. The van der Waals surface area contributed by atoms with Crippen LogP contribution in [0.15, 0.2) is 72.4 Å². The van der Waals surface area contributed by atoms with Crippen LogP contribution in [0.2, 0.25) is 0 Å². The largest absolute Gasteiger partial charge is 0.488 e. The van der Waals surface area contributed by atoms with Gasteiger partial charge >= 0.3 is 0 Å². The number of anilines is 1. The quantitative estimate of drug-likeness (QED) is 0.265. The van der Waals surface area contributed by atoms with E-state index in [1.165, 1.54) is 23.0 Å². The van der Waals surface area contributed by atoms with Crippen molar-refractivity contribution in [3.63, 3.8) is 0 Å². The molecule has 1 aliphatic rings. The second kappa shape index (κ2) is 10.2. The lowest BCUT2D eigenvalue weighted by atomic mass is 10.0. The number of nitrogens with one attached hydrogen (secondary N) is 1. The van der Waals surface area contributed by atoms with E-state index in [0.717, 1.165) is 18.4 Å². The topological polar surface area (TPSA) is 112 Å². The Hall–Kier alpha value is -4.53. The highest BCUT2D eigenvalue weighted by molar-refractivity contribution is 5.86. The number of hydrogen-bond donors (Lipinski definition) is 2. The molecule has 1 fully saturated rings. The highest BCUT2D eigenvalue weighted by Crippen LogP contribution is 2.41. The van der Waals surface area contributed by atoms with Crippen LogP contribution < -0.4 is 21.3 Å². The summed E-state index contributed by atoms with van der Waals surface area (Å²) in [6.45, 7) is 4.09. The van der Waals surface area contributed by atoms with Crippen LogP contribution in [0.25, 0.3) is 27.7 Å². The molecule has 8 nitrogen and oxygen atoms in total. The summed E-state index contributed by atoms with van der Waals surface area (Å²) >= 11 is 0. The summed E-state index contributed by atoms with van der Waals surface area (Å²) in [6, 6.07) is 12.3. The predicted octanol–water partition coefficient (Wildman–Crippen LogP) is 4.12. The number of carbonyl (C=O) groups excluding carboxylic acids is 1. The molecule has 0 bridgehead atoms. The Morgan fingerprint density at radius 3 is 2.86 bits per heavy atom. The zero-order valence-corrected chi connectivity index (χ0v) is 20.1. The molecule has 2 heterocycles. The number of benzene rings is 2. The van der Waals surface area contributed by atoms with Crippen LogP contribution in [0.1, 0.15) is 30.7 Å². The van der Waals surface area contributed by atoms with Crippen molar-refractivity contribution in [3.05, 3.63) is 89.4 Å². The molecule has 3 N–H and O–H groups in total. The third kappa shape index (κ3) is 5.06. The third-order valence-electron chi connectivity index (χ3n) is 6.31. The van der Waals surface area contributed by atoms with Crippen molar-refractivity contribution in [1.82, 2.24) is 19.9 Å². The number of nitrogen functional groups attached to an aromatic ring is 1. The number of hydrogen-bond acceptors (Lipinski definition) is 6. The Balaban J connectivity index is 1.44. The second-order valence-electron chi connectivity index (χ2n) is 8.92. The molecule has 0 unspecified atom stereocenters. The maximum absolute atomic E-state index is 15.0. The van der Waals surface area contributed by atoms with Gasteiger partial charge in [0.15, 0.2) is 11.6 Å². The number of carbonyl (C=O) groups is 1. The second-order valence-corrected chi connectivity index (χ2v) is 8.92. The summed E-state index contributed by atoms with van der Waals surface area (Å²) < 4.78 is 22.3. The molecule has 2 aromatic heterocycles. The normalized spacial score (nSPS) is 12.9. The fraction of sp³-hybridized carbons (Fsp3) is 0.214. The summed E-state index contributed by atoms with van der Waals surface area (Å²) in [6.07, 6.45) is 6.84. The Morgan fingerprint density at radius 1 is 1.24 bits per heavy atom. The van der Waals surface area contributed by atoms with Gasteiger partial charge in [0, 0.05) is 24.0 Å². The van der Waals surface area contributed by atoms with Gasteiger partial charge in [-0.25, -0.2) is 14.4 Å². The molecule has 0 spiro atoms. The molecule has 5 rings (SSSR count). The molecule has 188 valence electrons. The summed E-state index contributed by atoms with van der Waals surface area (Å²) in [5, 5.41) is 3.35. The number of amides is 1. The molecule has 9 heteroatoms. The fourth-order valence-corrected chi connectivity index (χ4v) is 4.27. The van der Waals surface area contributed by atoms with Crippen LogP contribution >= 0.6 is 0 Å². The highest BCUT2D eigenvalue weighted by atomic mass is 19.1. The Bertz CT molecular complexity index is 1560. The lowest BCUT2D eigenvalue weighted by Crippen LogP contribution is -2.23.